The molecule has 0 heterocycles. The second-order valence-electron chi connectivity index (χ2n) is 6.51. The zero-order valence-corrected chi connectivity index (χ0v) is 11.2. The van der Waals surface area contributed by atoms with Crippen molar-refractivity contribution in [1.82, 2.24) is 10.6 Å². The molecular weight excluding hydrogens is 232 g/mol. The number of urea groups is 1. The summed E-state index contributed by atoms with van der Waals surface area (Å²) in [6.07, 6.45) is 2.86. The maximum Gasteiger partial charge on any atom is 0.329 e. The van der Waals surface area contributed by atoms with Gasteiger partial charge in [-0.15, -0.1) is 0 Å². The molecule has 0 aromatic rings. The van der Waals surface area contributed by atoms with Crippen molar-refractivity contribution in [1.29, 1.82) is 0 Å². The second kappa shape index (κ2) is 4.14. The van der Waals surface area contributed by atoms with Crippen molar-refractivity contribution in [3.8, 4) is 0 Å². The van der Waals surface area contributed by atoms with Gasteiger partial charge in [0.15, 0.2) is 0 Å². The number of carbonyl (C=O) groups excluding carboxylic acids is 1. The van der Waals surface area contributed by atoms with Crippen LogP contribution in [0.2, 0.25) is 0 Å². The summed E-state index contributed by atoms with van der Waals surface area (Å²) in [5.41, 5.74) is -0.803. The van der Waals surface area contributed by atoms with E-state index in [0.717, 1.165) is 19.3 Å². The summed E-state index contributed by atoms with van der Waals surface area (Å²) in [7, 11) is 0. The van der Waals surface area contributed by atoms with Crippen LogP contribution in [-0.2, 0) is 4.79 Å². The van der Waals surface area contributed by atoms with Gasteiger partial charge in [-0.05, 0) is 43.4 Å². The lowest BCUT2D eigenvalue weighted by Crippen LogP contribution is -2.57. The Morgan fingerprint density at radius 3 is 2.33 bits per heavy atom. The Hall–Kier alpha value is -1.26. The maximum absolute atomic E-state index is 11.8. The van der Waals surface area contributed by atoms with Crippen molar-refractivity contribution in [2.75, 3.05) is 6.54 Å². The monoisotopic (exact) mass is 254 g/mol. The molecule has 2 fully saturated rings. The zero-order valence-electron chi connectivity index (χ0n) is 11.2. The molecule has 2 saturated carbocycles. The van der Waals surface area contributed by atoms with Crippen molar-refractivity contribution >= 4 is 12.0 Å². The molecular formula is C13H22N2O3. The van der Waals surface area contributed by atoms with Crippen LogP contribution in [0.5, 0.6) is 0 Å². The van der Waals surface area contributed by atoms with Crippen LogP contribution < -0.4 is 10.6 Å². The van der Waals surface area contributed by atoms with Crippen LogP contribution >= 0.6 is 0 Å². The fourth-order valence-corrected chi connectivity index (χ4v) is 2.41. The Kier molecular flexibility index (Phi) is 3.03. The van der Waals surface area contributed by atoms with E-state index >= 15 is 0 Å². The molecule has 0 bridgehead atoms. The molecule has 0 spiro atoms. The Bertz CT molecular complexity index is 376. The van der Waals surface area contributed by atoms with Gasteiger partial charge in [0.2, 0.25) is 0 Å². The third-order valence-electron chi connectivity index (χ3n) is 4.44. The number of carboxylic acid groups (broad SMARTS) is 1. The number of aliphatic carboxylic acids is 1. The lowest BCUT2D eigenvalue weighted by Gasteiger charge is -2.26. The minimum atomic E-state index is -1.12. The van der Waals surface area contributed by atoms with Crippen LogP contribution in [0.25, 0.3) is 0 Å². The first-order chi connectivity index (χ1) is 8.25. The molecule has 102 valence electrons. The summed E-state index contributed by atoms with van der Waals surface area (Å²) < 4.78 is 0. The van der Waals surface area contributed by atoms with Gasteiger partial charge in [0.25, 0.3) is 0 Å². The normalized spacial score (nSPS) is 28.1. The smallest absolute Gasteiger partial charge is 0.329 e. The number of hydrogen-bond donors (Lipinski definition) is 3. The lowest BCUT2D eigenvalue weighted by molar-refractivity contribution is -0.144. The Morgan fingerprint density at radius 1 is 1.39 bits per heavy atom. The third-order valence-corrected chi connectivity index (χ3v) is 4.44. The van der Waals surface area contributed by atoms with Crippen LogP contribution in [0.4, 0.5) is 4.79 Å². The number of hydrogen-bond acceptors (Lipinski definition) is 2. The van der Waals surface area contributed by atoms with Gasteiger partial charge in [0, 0.05) is 6.54 Å². The fraction of sp³-hybridized carbons (Fsp3) is 0.846. The predicted molar refractivity (Wildman–Crippen MR) is 67.2 cm³/mol. The van der Waals surface area contributed by atoms with E-state index in [0.29, 0.717) is 17.9 Å². The number of rotatable bonds is 5. The van der Waals surface area contributed by atoms with Gasteiger partial charge in [-0.1, -0.05) is 13.8 Å². The van der Waals surface area contributed by atoms with Gasteiger partial charge in [0.05, 0.1) is 0 Å². The van der Waals surface area contributed by atoms with E-state index in [2.05, 4.69) is 24.5 Å². The topological polar surface area (TPSA) is 78.4 Å². The van der Waals surface area contributed by atoms with Crippen molar-refractivity contribution in [3.05, 3.63) is 0 Å². The van der Waals surface area contributed by atoms with E-state index in [1.165, 1.54) is 0 Å². The van der Waals surface area contributed by atoms with E-state index in [1.807, 2.05) is 0 Å². The molecule has 2 atom stereocenters. The highest BCUT2D eigenvalue weighted by atomic mass is 16.4. The van der Waals surface area contributed by atoms with Crippen LogP contribution in [0.1, 0.15) is 40.0 Å². The minimum absolute atomic E-state index is 0.0677. The molecule has 2 amide bonds. The number of amides is 2. The average molecular weight is 254 g/mol. The maximum atomic E-state index is 11.8. The van der Waals surface area contributed by atoms with Crippen LogP contribution in [-0.4, -0.2) is 29.2 Å². The Balaban J connectivity index is 1.81. The largest absolute Gasteiger partial charge is 0.480 e. The first-order valence-electron chi connectivity index (χ1n) is 6.55. The molecule has 0 aliphatic heterocycles. The molecule has 2 aliphatic rings. The standard InChI is InChI=1S/C13H22N2O3/c1-12(2)6-9(12)7-14-11(18)15-13(3,10(16)17)8-4-5-8/h8-9H,4-7H2,1-3H3,(H,16,17)(H2,14,15,18). The van der Waals surface area contributed by atoms with Gasteiger partial charge in [-0.2, -0.15) is 0 Å². The summed E-state index contributed by atoms with van der Waals surface area (Å²) in [5, 5.41) is 14.6. The molecule has 2 rings (SSSR count). The van der Waals surface area contributed by atoms with Crippen LogP contribution in [0.15, 0.2) is 0 Å². The summed E-state index contributed by atoms with van der Waals surface area (Å²) in [5.74, 6) is -0.370. The number of carboxylic acids is 1. The molecule has 18 heavy (non-hydrogen) atoms. The third kappa shape index (κ3) is 2.60. The molecule has 0 radical (unpaired) electrons. The molecule has 0 saturated heterocycles. The Morgan fingerprint density at radius 2 is 1.94 bits per heavy atom. The predicted octanol–water partition coefficient (Wildman–Crippen LogP) is 1.58. The van der Waals surface area contributed by atoms with Gasteiger partial charge >= 0.3 is 12.0 Å². The molecule has 5 nitrogen and oxygen atoms in total. The highest BCUT2D eigenvalue weighted by Crippen LogP contribution is 2.51. The van der Waals surface area contributed by atoms with Gasteiger partial charge < -0.3 is 15.7 Å². The number of carbonyl (C=O) groups is 2. The minimum Gasteiger partial charge on any atom is -0.480 e. The molecule has 5 heteroatoms. The van der Waals surface area contributed by atoms with Crippen molar-refractivity contribution < 1.29 is 14.7 Å². The first-order valence-corrected chi connectivity index (χ1v) is 6.55. The van der Waals surface area contributed by atoms with Gasteiger partial charge in [-0.3, -0.25) is 0 Å². The summed E-state index contributed by atoms with van der Waals surface area (Å²) in [4.78, 5) is 23.0. The quantitative estimate of drug-likeness (QED) is 0.697. The summed E-state index contributed by atoms with van der Waals surface area (Å²) in [6.45, 7) is 6.55. The molecule has 3 N–H and O–H groups in total. The summed E-state index contributed by atoms with van der Waals surface area (Å²) >= 11 is 0. The van der Waals surface area contributed by atoms with E-state index in [-0.39, 0.29) is 11.9 Å². The van der Waals surface area contributed by atoms with E-state index < -0.39 is 11.5 Å². The highest BCUT2D eigenvalue weighted by Gasteiger charge is 2.49. The van der Waals surface area contributed by atoms with Crippen molar-refractivity contribution in [2.45, 2.75) is 45.6 Å². The van der Waals surface area contributed by atoms with Crippen molar-refractivity contribution in [2.24, 2.45) is 17.3 Å². The van der Waals surface area contributed by atoms with Crippen molar-refractivity contribution in [3.63, 3.8) is 0 Å². The SMILES string of the molecule is CC1(C)CC1CNC(=O)NC(C)(C(=O)O)C1CC1. The molecule has 2 unspecified atom stereocenters. The van der Waals surface area contributed by atoms with E-state index in [1.54, 1.807) is 6.92 Å². The number of nitrogens with one attached hydrogen (secondary N) is 2. The van der Waals surface area contributed by atoms with Crippen LogP contribution in [0.3, 0.4) is 0 Å². The molecule has 0 aromatic heterocycles. The fourth-order valence-electron chi connectivity index (χ4n) is 2.41. The van der Waals surface area contributed by atoms with E-state index in [4.69, 9.17) is 0 Å². The van der Waals surface area contributed by atoms with Crippen LogP contribution in [0, 0.1) is 17.3 Å². The van der Waals surface area contributed by atoms with Gasteiger partial charge in [0.1, 0.15) is 5.54 Å². The van der Waals surface area contributed by atoms with E-state index in [9.17, 15) is 14.7 Å². The first kappa shape index (κ1) is 13.2. The Labute approximate surface area is 107 Å². The second-order valence-corrected chi connectivity index (χ2v) is 6.51. The molecule has 2 aliphatic carbocycles. The lowest BCUT2D eigenvalue weighted by atomic mass is 9.96. The molecule has 0 aromatic carbocycles. The average Bonchev–Trinajstić information content (AvgIpc) is 3.11. The van der Waals surface area contributed by atoms with Gasteiger partial charge in [-0.25, -0.2) is 9.59 Å². The summed E-state index contributed by atoms with van der Waals surface area (Å²) in [6, 6.07) is -0.366. The highest BCUT2D eigenvalue weighted by molar-refractivity contribution is 5.86. The zero-order chi connectivity index (χ0) is 13.6.